The Labute approximate surface area is 85.4 Å². The van der Waals surface area contributed by atoms with E-state index in [9.17, 15) is 9.90 Å². The molecule has 0 heterocycles. The van der Waals surface area contributed by atoms with E-state index in [0.717, 1.165) is 19.3 Å². The molecule has 0 saturated heterocycles. The molecule has 82 valence electrons. The van der Waals surface area contributed by atoms with E-state index in [1.165, 1.54) is 0 Å². The number of hydrogen-bond acceptors (Lipinski definition) is 2. The number of rotatable bonds is 7. The van der Waals surface area contributed by atoms with Crippen molar-refractivity contribution < 1.29 is 15.0 Å². The predicted molar refractivity (Wildman–Crippen MR) is 56.2 cm³/mol. The van der Waals surface area contributed by atoms with Gasteiger partial charge >= 0.3 is 5.97 Å². The van der Waals surface area contributed by atoms with Gasteiger partial charge in [-0.15, -0.1) is 0 Å². The number of aliphatic carboxylic acids is 1. The molecule has 0 amide bonds. The van der Waals surface area contributed by atoms with Crippen LogP contribution in [-0.4, -0.2) is 21.8 Å². The Balaban J connectivity index is 4.16. The van der Waals surface area contributed by atoms with Crippen molar-refractivity contribution in [2.75, 3.05) is 0 Å². The quantitative estimate of drug-likeness (QED) is 0.490. The molecule has 1 unspecified atom stereocenters. The molecule has 0 aliphatic heterocycles. The highest BCUT2D eigenvalue weighted by atomic mass is 16.4. The Morgan fingerprint density at radius 3 is 2.50 bits per heavy atom. The lowest BCUT2D eigenvalue weighted by molar-refractivity contribution is -0.141. The molecule has 1 atom stereocenters. The number of carboxylic acid groups (broad SMARTS) is 1. The molecule has 3 heteroatoms. The van der Waals surface area contributed by atoms with Crippen molar-refractivity contribution in [1.82, 2.24) is 0 Å². The molecule has 0 aromatic carbocycles. The van der Waals surface area contributed by atoms with Crippen LogP contribution in [0.1, 0.15) is 46.0 Å². The van der Waals surface area contributed by atoms with Gasteiger partial charge in [0.25, 0.3) is 0 Å². The first kappa shape index (κ1) is 13.2. The summed E-state index contributed by atoms with van der Waals surface area (Å²) in [5.41, 5.74) is -1.16. The third-order valence-electron chi connectivity index (χ3n) is 2.15. The average Bonchev–Trinajstić information content (AvgIpc) is 2.03. The molecule has 14 heavy (non-hydrogen) atoms. The fraction of sp³-hybridized carbons (Fsp3) is 0.727. The first-order chi connectivity index (χ1) is 6.54. The summed E-state index contributed by atoms with van der Waals surface area (Å²) in [7, 11) is 0. The molecule has 0 aliphatic rings. The van der Waals surface area contributed by atoms with Crippen LogP contribution >= 0.6 is 0 Å². The maximum Gasteiger partial charge on any atom is 0.306 e. The maximum absolute atomic E-state index is 10.5. The van der Waals surface area contributed by atoms with Gasteiger partial charge < -0.3 is 10.2 Å². The molecule has 0 radical (unpaired) electrons. The van der Waals surface area contributed by atoms with Gasteiger partial charge in [0.2, 0.25) is 0 Å². The molecule has 2 N–H and O–H groups in total. The predicted octanol–water partition coefficient (Wildman–Crippen LogP) is 2.35. The number of unbranched alkanes of at least 4 members (excludes halogenated alkanes) is 2. The minimum absolute atomic E-state index is 0.207. The van der Waals surface area contributed by atoms with Gasteiger partial charge in [0.1, 0.15) is 0 Å². The minimum Gasteiger partial charge on any atom is -0.481 e. The normalized spacial score (nSPS) is 15.6. The molecular formula is C11H20O3. The molecule has 0 fully saturated rings. The van der Waals surface area contributed by atoms with Crippen molar-refractivity contribution in [3.05, 3.63) is 12.2 Å². The molecule has 0 aromatic heterocycles. The number of carbonyl (C=O) groups is 1. The second-order valence-corrected chi connectivity index (χ2v) is 3.63. The van der Waals surface area contributed by atoms with Gasteiger partial charge in [-0.1, -0.05) is 38.3 Å². The van der Waals surface area contributed by atoms with Crippen LogP contribution in [0.4, 0.5) is 0 Å². The summed E-state index contributed by atoms with van der Waals surface area (Å²) < 4.78 is 0. The fourth-order valence-electron chi connectivity index (χ4n) is 1.48. The Kier molecular flexibility index (Phi) is 6.21. The zero-order valence-corrected chi connectivity index (χ0v) is 8.99. The number of allylic oxidation sites excluding steroid dienone is 1. The van der Waals surface area contributed by atoms with Gasteiger partial charge in [-0.2, -0.15) is 0 Å². The smallest absolute Gasteiger partial charge is 0.306 e. The van der Waals surface area contributed by atoms with Gasteiger partial charge in [0.05, 0.1) is 12.0 Å². The number of hydrogen-bond donors (Lipinski definition) is 2. The monoisotopic (exact) mass is 200 g/mol. The highest BCUT2D eigenvalue weighted by molar-refractivity contribution is 5.68. The maximum atomic E-state index is 10.5. The number of carboxylic acids is 1. The van der Waals surface area contributed by atoms with Crippen LogP contribution in [0, 0.1) is 0 Å². The minimum atomic E-state index is -1.16. The van der Waals surface area contributed by atoms with Crippen molar-refractivity contribution in [2.45, 2.75) is 51.6 Å². The fourth-order valence-corrected chi connectivity index (χ4v) is 1.48. The van der Waals surface area contributed by atoms with Crippen LogP contribution in [0.25, 0.3) is 0 Å². The summed E-state index contributed by atoms with van der Waals surface area (Å²) in [5.74, 6) is -0.956. The number of aliphatic hydroxyl groups is 1. The van der Waals surface area contributed by atoms with E-state index < -0.39 is 11.6 Å². The Morgan fingerprint density at radius 1 is 1.43 bits per heavy atom. The van der Waals surface area contributed by atoms with Crippen LogP contribution in [-0.2, 0) is 4.79 Å². The lowest BCUT2D eigenvalue weighted by Crippen LogP contribution is -2.29. The first-order valence-corrected chi connectivity index (χ1v) is 5.12. The zero-order valence-electron chi connectivity index (χ0n) is 8.99. The van der Waals surface area contributed by atoms with Crippen LogP contribution < -0.4 is 0 Å². The summed E-state index contributed by atoms with van der Waals surface area (Å²) in [6, 6.07) is 0. The van der Waals surface area contributed by atoms with E-state index in [0.29, 0.717) is 6.42 Å². The zero-order chi connectivity index (χ0) is 11.0. The van der Waals surface area contributed by atoms with Crippen LogP contribution in [0.5, 0.6) is 0 Å². The second kappa shape index (κ2) is 6.60. The molecule has 0 saturated carbocycles. The average molecular weight is 200 g/mol. The molecule has 0 aliphatic carbocycles. The molecule has 0 rings (SSSR count). The molecule has 0 aromatic rings. The van der Waals surface area contributed by atoms with Crippen molar-refractivity contribution in [2.24, 2.45) is 0 Å². The largest absolute Gasteiger partial charge is 0.481 e. The van der Waals surface area contributed by atoms with Crippen molar-refractivity contribution >= 4 is 5.97 Å². The topological polar surface area (TPSA) is 57.5 Å². The van der Waals surface area contributed by atoms with E-state index in [-0.39, 0.29) is 6.42 Å². The van der Waals surface area contributed by atoms with Crippen molar-refractivity contribution in [1.29, 1.82) is 0 Å². The third-order valence-corrected chi connectivity index (χ3v) is 2.15. The van der Waals surface area contributed by atoms with Crippen LogP contribution in [0.3, 0.4) is 0 Å². The highest BCUT2D eigenvalue weighted by Gasteiger charge is 2.25. The lowest BCUT2D eigenvalue weighted by atomic mass is 9.92. The summed E-state index contributed by atoms with van der Waals surface area (Å²) in [6.07, 6.45) is 6.56. The van der Waals surface area contributed by atoms with Crippen LogP contribution in [0.2, 0.25) is 0 Å². The van der Waals surface area contributed by atoms with E-state index in [4.69, 9.17) is 5.11 Å². The Bertz CT molecular complexity index is 199. The Hall–Kier alpha value is -0.830. The van der Waals surface area contributed by atoms with Gasteiger partial charge in [-0.25, -0.2) is 0 Å². The highest BCUT2D eigenvalue weighted by Crippen LogP contribution is 2.21. The van der Waals surface area contributed by atoms with Crippen molar-refractivity contribution in [3.8, 4) is 0 Å². The Morgan fingerprint density at radius 2 is 2.07 bits per heavy atom. The molecular weight excluding hydrogens is 180 g/mol. The lowest BCUT2D eigenvalue weighted by Gasteiger charge is -2.22. The van der Waals surface area contributed by atoms with Gasteiger partial charge in [0.15, 0.2) is 0 Å². The summed E-state index contributed by atoms with van der Waals surface area (Å²) >= 11 is 0. The van der Waals surface area contributed by atoms with E-state index in [1.54, 1.807) is 19.1 Å². The van der Waals surface area contributed by atoms with Crippen LogP contribution in [0.15, 0.2) is 12.2 Å². The van der Waals surface area contributed by atoms with Gasteiger partial charge in [0, 0.05) is 0 Å². The summed E-state index contributed by atoms with van der Waals surface area (Å²) in [6.45, 7) is 3.86. The summed E-state index contributed by atoms with van der Waals surface area (Å²) in [4.78, 5) is 10.5. The van der Waals surface area contributed by atoms with E-state index >= 15 is 0 Å². The van der Waals surface area contributed by atoms with Gasteiger partial charge in [-0.3, -0.25) is 4.79 Å². The van der Waals surface area contributed by atoms with Crippen molar-refractivity contribution in [3.63, 3.8) is 0 Å². The molecule has 3 nitrogen and oxygen atoms in total. The van der Waals surface area contributed by atoms with E-state index in [2.05, 4.69) is 6.92 Å². The second-order valence-electron chi connectivity index (χ2n) is 3.63. The van der Waals surface area contributed by atoms with Gasteiger partial charge in [-0.05, 0) is 13.3 Å². The molecule has 0 spiro atoms. The van der Waals surface area contributed by atoms with E-state index in [1.807, 2.05) is 0 Å². The SMILES string of the molecule is CC=CC(O)(CCCCC)CC(=O)O. The third kappa shape index (κ3) is 5.75. The standard InChI is InChI=1S/C11H20O3/c1-3-5-6-8-11(14,7-4-2)9-10(12)13/h4,7,14H,3,5-6,8-9H2,1-2H3,(H,12,13). The molecule has 0 bridgehead atoms. The first-order valence-electron chi connectivity index (χ1n) is 5.12. The summed E-state index contributed by atoms with van der Waals surface area (Å²) in [5, 5.41) is 18.6.